The molecule has 0 atom stereocenters. The molecule has 0 aliphatic heterocycles. The van der Waals surface area contributed by atoms with Gasteiger partial charge >= 0.3 is 0 Å². The van der Waals surface area contributed by atoms with Crippen molar-refractivity contribution in [2.45, 2.75) is 30.9 Å². The normalized spacial score (nSPS) is 10.5. The van der Waals surface area contributed by atoms with Gasteiger partial charge in [0.25, 0.3) is 5.22 Å². The highest BCUT2D eigenvalue weighted by Crippen LogP contribution is 2.33. The summed E-state index contributed by atoms with van der Waals surface area (Å²) in [4.78, 5) is 5.08. The Balaban J connectivity index is 1.95. The third-order valence-electron chi connectivity index (χ3n) is 3.38. The fourth-order valence-corrected chi connectivity index (χ4v) is 3.19. The Kier molecular flexibility index (Phi) is 4.13. The van der Waals surface area contributed by atoms with E-state index in [0.29, 0.717) is 22.4 Å². The van der Waals surface area contributed by atoms with Crippen LogP contribution in [0.4, 0.5) is 0 Å². The number of hydrogen-bond donors (Lipinski definition) is 0. The first-order valence-electron chi connectivity index (χ1n) is 7.04. The van der Waals surface area contributed by atoms with E-state index in [0.717, 1.165) is 21.7 Å². The van der Waals surface area contributed by atoms with Gasteiger partial charge in [-0.2, -0.15) is 5.26 Å². The molecule has 0 saturated carbocycles. The van der Waals surface area contributed by atoms with Crippen LogP contribution in [0, 0.1) is 32.1 Å². The summed E-state index contributed by atoms with van der Waals surface area (Å²) < 4.78 is 5.74. The van der Waals surface area contributed by atoms with E-state index >= 15 is 0 Å². The smallest absolute Gasteiger partial charge is 0.281 e. The lowest BCUT2D eigenvalue weighted by Crippen LogP contribution is -1.94. The van der Waals surface area contributed by atoms with Crippen molar-refractivity contribution in [1.82, 2.24) is 15.2 Å². The molecular formula is C17H14N4OS. The fraction of sp³-hybridized carbons (Fsp3) is 0.176. The minimum atomic E-state index is 0.407. The molecule has 0 aliphatic rings. The SMILES string of the molecule is Cc1cc(Sc2nnc(-c3ccccc3C)o2)c(C#N)c(C)n1. The van der Waals surface area contributed by atoms with E-state index in [2.05, 4.69) is 21.3 Å². The molecule has 0 spiro atoms. The second-order valence-corrected chi connectivity index (χ2v) is 6.12. The Hall–Kier alpha value is -2.65. The third kappa shape index (κ3) is 3.10. The number of aryl methyl sites for hydroxylation is 3. The summed E-state index contributed by atoms with van der Waals surface area (Å²) in [6, 6.07) is 11.9. The van der Waals surface area contributed by atoms with Crippen LogP contribution in [0.1, 0.15) is 22.5 Å². The van der Waals surface area contributed by atoms with Crippen LogP contribution in [-0.2, 0) is 0 Å². The lowest BCUT2D eigenvalue weighted by molar-refractivity contribution is 0.465. The standard InChI is InChI=1S/C17H14N4OS/c1-10-6-4-5-7-13(10)16-20-21-17(22-16)23-15-8-11(2)19-12(3)14(15)9-18/h4-8H,1-3H3. The van der Waals surface area contributed by atoms with Gasteiger partial charge in [-0.05, 0) is 50.2 Å². The first-order chi connectivity index (χ1) is 11.1. The highest BCUT2D eigenvalue weighted by molar-refractivity contribution is 7.99. The summed E-state index contributed by atoms with van der Waals surface area (Å²) in [6.45, 7) is 5.71. The van der Waals surface area contributed by atoms with Crippen LogP contribution in [0.15, 0.2) is 44.9 Å². The fourth-order valence-electron chi connectivity index (χ4n) is 2.28. The van der Waals surface area contributed by atoms with E-state index in [1.54, 1.807) is 0 Å². The average molecular weight is 322 g/mol. The molecule has 1 aromatic carbocycles. The van der Waals surface area contributed by atoms with E-state index in [-0.39, 0.29) is 0 Å². The number of benzene rings is 1. The predicted octanol–water partition coefficient (Wildman–Crippen LogP) is 4.08. The summed E-state index contributed by atoms with van der Waals surface area (Å²) in [5.41, 5.74) is 4.07. The van der Waals surface area contributed by atoms with Crippen molar-refractivity contribution in [3.05, 3.63) is 52.8 Å². The molecule has 0 amide bonds. The monoisotopic (exact) mass is 322 g/mol. The molecule has 3 rings (SSSR count). The van der Waals surface area contributed by atoms with Crippen molar-refractivity contribution in [2.24, 2.45) is 0 Å². The molecule has 0 bridgehead atoms. The summed E-state index contributed by atoms with van der Waals surface area (Å²) in [6.07, 6.45) is 0. The van der Waals surface area contributed by atoms with Gasteiger partial charge in [0.1, 0.15) is 6.07 Å². The molecule has 3 aromatic rings. The molecule has 2 aromatic heterocycles. The van der Waals surface area contributed by atoms with Crippen molar-refractivity contribution in [2.75, 3.05) is 0 Å². The number of pyridine rings is 1. The van der Waals surface area contributed by atoms with Gasteiger partial charge in [0.15, 0.2) is 0 Å². The van der Waals surface area contributed by atoms with Gasteiger partial charge < -0.3 is 4.42 Å². The molecule has 23 heavy (non-hydrogen) atoms. The molecule has 0 unspecified atom stereocenters. The summed E-state index contributed by atoms with van der Waals surface area (Å²) in [5, 5.41) is 17.9. The zero-order valence-corrected chi connectivity index (χ0v) is 13.8. The van der Waals surface area contributed by atoms with Crippen LogP contribution in [0.5, 0.6) is 0 Å². The third-order valence-corrected chi connectivity index (χ3v) is 4.26. The van der Waals surface area contributed by atoms with Crippen molar-refractivity contribution in [3.63, 3.8) is 0 Å². The highest BCUT2D eigenvalue weighted by Gasteiger charge is 2.15. The Labute approximate surface area is 138 Å². The van der Waals surface area contributed by atoms with Crippen LogP contribution >= 0.6 is 11.8 Å². The highest BCUT2D eigenvalue weighted by atomic mass is 32.2. The second-order valence-electron chi connectivity index (χ2n) is 5.12. The summed E-state index contributed by atoms with van der Waals surface area (Å²) in [7, 11) is 0. The molecule has 0 saturated heterocycles. The van der Waals surface area contributed by atoms with E-state index in [1.807, 2.05) is 51.1 Å². The van der Waals surface area contributed by atoms with Crippen LogP contribution in [0.25, 0.3) is 11.5 Å². The molecule has 6 heteroatoms. The number of rotatable bonds is 3. The van der Waals surface area contributed by atoms with Gasteiger partial charge in [0.05, 0.1) is 11.3 Å². The second kappa shape index (κ2) is 6.23. The zero-order valence-electron chi connectivity index (χ0n) is 13.0. The lowest BCUT2D eigenvalue weighted by Gasteiger charge is -2.04. The average Bonchev–Trinajstić information content (AvgIpc) is 2.95. The van der Waals surface area contributed by atoms with E-state index < -0.39 is 0 Å². The zero-order chi connectivity index (χ0) is 16.4. The van der Waals surface area contributed by atoms with Crippen LogP contribution in [0.3, 0.4) is 0 Å². The maximum absolute atomic E-state index is 9.32. The van der Waals surface area contributed by atoms with E-state index in [9.17, 15) is 5.26 Å². The first kappa shape index (κ1) is 15.3. The van der Waals surface area contributed by atoms with Crippen molar-refractivity contribution >= 4 is 11.8 Å². The van der Waals surface area contributed by atoms with Gasteiger partial charge in [-0.15, -0.1) is 10.2 Å². The minimum absolute atomic E-state index is 0.407. The van der Waals surface area contributed by atoms with Gasteiger partial charge in [-0.25, -0.2) is 0 Å². The Morgan fingerprint density at radius 3 is 2.65 bits per heavy atom. The molecule has 0 radical (unpaired) electrons. The van der Waals surface area contributed by atoms with Crippen molar-refractivity contribution in [3.8, 4) is 17.5 Å². The van der Waals surface area contributed by atoms with Gasteiger partial charge in [-0.1, -0.05) is 18.2 Å². The Morgan fingerprint density at radius 2 is 1.91 bits per heavy atom. The topological polar surface area (TPSA) is 75.6 Å². The Bertz CT molecular complexity index is 911. The largest absolute Gasteiger partial charge is 0.411 e. The molecule has 0 fully saturated rings. The summed E-state index contributed by atoms with van der Waals surface area (Å²) >= 11 is 1.29. The molecular weight excluding hydrogens is 308 g/mol. The molecule has 0 N–H and O–H groups in total. The van der Waals surface area contributed by atoms with Crippen molar-refractivity contribution in [1.29, 1.82) is 5.26 Å². The van der Waals surface area contributed by atoms with Crippen LogP contribution in [-0.4, -0.2) is 15.2 Å². The van der Waals surface area contributed by atoms with Crippen LogP contribution < -0.4 is 0 Å². The lowest BCUT2D eigenvalue weighted by atomic mass is 10.1. The molecule has 2 heterocycles. The van der Waals surface area contributed by atoms with Gasteiger partial charge in [-0.3, -0.25) is 4.98 Å². The molecule has 5 nitrogen and oxygen atoms in total. The number of hydrogen-bond acceptors (Lipinski definition) is 6. The Morgan fingerprint density at radius 1 is 1.13 bits per heavy atom. The van der Waals surface area contributed by atoms with Crippen LogP contribution in [0.2, 0.25) is 0 Å². The van der Waals surface area contributed by atoms with Gasteiger partial charge in [0, 0.05) is 16.2 Å². The van der Waals surface area contributed by atoms with E-state index in [1.165, 1.54) is 11.8 Å². The predicted molar refractivity (Wildman–Crippen MR) is 87.0 cm³/mol. The first-order valence-corrected chi connectivity index (χ1v) is 7.86. The number of aromatic nitrogens is 3. The van der Waals surface area contributed by atoms with Gasteiger partial charge in [0.2, 0.25) is 5.89 Å². The maximum atomic E-state index is 9.32. The quantitative estimate of drug-likeness (QED) is 0.723. The minimum Gasteiger partial charge on any atom is -0.411 e. The summed E-state index contributed by atoms with van der Waals surface area (Å²) in [5.74, 6) is 0.478. The maximum Gasteiger partial charge on any atom is 0.281 e. The van der Waals surface area contributed by atoms with Crippen molar-refractivity contribution < 1.29 is 4.42 Å². The molecule has 114 valence electrons. The van der Waals surface area contributed by atoms with E-state index in [4.69, 9.17) is 4.42 Å². The molecule has 0 aliphatic carbocycles. The number of nitrogens with zero attached hydrogens (tertiary/aromatic N) is 4. The number of nitriles is 1.